The number of carbonyl (C=O) groups excluding carboxylic acids is 3. The van der Waals surface area contributed by atoms with Crippen molar-refractivity contribution < 1.29 is 19.1 Å². The smallest absolute Gasteiger partial charge is 0.350 e. The van der Waals surface area contributed by atoms with Crippen molar-refractivity contribution in [2.45, 2.75) is 13.0 Å². The molecule has 0 saturated carbocycles. The van der Waals surface area contributed by atoms with E-state index in [1.54, 1.807) is 0 Å². The van der Waals surface area contributed by atoms with Crippen LogP contribution in [-0.2, 0) is 9.53 Å². The summed E-state index contributed by atoms with van der Waals surface area (Å²) in [5, 5.41) is 3.61. The second-order valence-corrected chi connectivity index (χ2v) is 6.44. The highest BCUT2D eigenvalue weighted by Gasteiger charge is 2.32. The largest absolute Gasteiger partial charge is 0.448 e. The Hall–Kier alpha value is -2.12. The lowest BCUT2D eigenvalue weighted by atomic mass is 10.2. The first-order valence-electron chi connectivity index (χ1n) is 6.96. The summed E-state index contributed by atoms with van der Waals surface area (Å²) in [4.78, 5) is 37.2. The van der Waals surface area contributed by atoms with Crippen LogP contribution < -0.4 is 5.32 Å². The van der Waals surface area contributed by atoms with E-state index in [0.717, 1.165) is 15.0 Å². The van der Waals surface area contributed by atoms with E-state index in [4.69, 9.17) is 16.3 Å². The molecule has 8 heteroatoms. The number of hydrogen-bond acceptors (Lipinski definition) is 5. The first kappa shape index (κ1) is 15.8. The summed E-state index contributed by atoms with van der Waals surface area (Å²) >= 11 is 7.42. The maximum atomic E-state index is 12.3. The minimum absolute atomic E-state index is 0.249. The summed E-state index contributed by atoms with van der Waals surface area (Å²) in [5.74, 6) is -1.22. The van der Waals surface area contributed by atoms with Gasteiger partial charge in [0.05, 0.1) is 5.02 Å². The number of carbonyl (C=O) groups is 3. The lowest BCUT2D eigenvalue weighted by Crippen LogP contribution is -2.41. The van der Waals surface area contributed by atoms with Crippen molar-refractivity contribution in [2.75, 3.05) is 13.1 Å². The van der Waals surface area contributed by atoms with Crippen molar-refractivity contribution in [1.29, 1.82) is 0 Å². The zero-order valence-corrected chi connectivity index (χ0v) is 13.7. The van der Waals surface area contributed by atoms with Crippen LogP contribution in [0.4, 0.5) is 4.79 Å². The van der Waals surface area contributed by atoms with E-state index in [1.165, 1.54) is 18.3 Å². The Labute approximate surface area is 141 Å². The van der Waals surface area contributed by atoms with Crippen molar-refractivity contribution in [3.8, 4) is 0 Å². The van der Waals surface area contributed by atoms with Crippen molar-refractivity contribution in [1.82, 2.24) is 10.2 Å². The van der Waals surface area contributed by atoms with Gasteiger partial charge in [-0.2, -0.15) is 0 Å². The van der Waals surface area contributed by atoms with E-state index in [-0.39, 0.29) is 11.4 Å². The van der Waals surface area contributed by atoms with Crippen LogP contribution in [0.1, 0.15) is 16.6 Å². The lowest BCUT2D eigenvalue weighted by Gasteiger charge is -2.17. The second kappa shape index (κ2) is 6.17. The van der Waals surface area contributed by atoms with Crippen LogP contribution in [0, 0.1) is 0 Å². The topological polar surface area (TPSA) is 75.7 Å². The SMILES string of the molecule is C[C@H](OC(=O)c1sc2ccccc2c1Cl)C(=O)N1CCNC1=O. The minimum atomic E-state index is -1.06. The van der Waals surface area contributed by atoms with Crippen LogP contribution in [0.25, 0.3) is 10.1 Å². The van der Waals surface area contributed by atoms with Gasteiger partial charge in [0, 0.05) is 23.2 Å². The molecule has 0 bridgehead atoms. The Morgan fingerprint density at radius 2 is 2.13 bits per heavy atom. The number of nitrogens with zero attached hydrogens (tertiary/aromatic N) is 1. The fraction of sp³-hybridized carbons (Fsp3) is 0.267. The first-order valence-corrected chi connectivity index (χ1v) is 8.15. The minimum Gasteiger partial charge on any atom is -0.448 e. The van der Waals surface area contributed by atoms with Gasteiger partial charge in [-0.1, -0.05) is 29.8 Å². The summed E-state index contributed by atoms with van der Waals surface area (Å²) in [6, 6.07) is 6.87. The molecule has 1 fully saturated rings. The molecule has 1 N–H and O–H groups in total. The Kier molecular flexibility index (Phi) is 4.23. The molecule has 2 aromatic rings. The predicted octanol–water partition coefficient (Wildman–Crippen LogP) is 2.65. The fourth-order valence-corrected chi connectivity index (χ4v) is 3.70. The van der Waals surface area contributed by atoms with E-state index < -0.39 is 24.0 Å². The third-order valence-electron chi connectivity index (χ3n) is 3.47. The molecular formula is C15H13ClN2O4S. The lowest BCUT2D eigenvalue weighted by molar-refractivity contribution is -0.135. The number of nitrogens with one attached hydrogen (secondary N) is 1. The molecule has 3 amide bonds. The van der Waals surface area contributed by atoms with E-state index in [9.17, 15) is 14.4 Å². The molecule has 6 nitrogen and oxygen atoms in total. The number of ether oxygens (including phenoxy) is 1. The van der Waals surface area contributed by atoms with Gasteiger partial charge in [-0.15, -0.1) is 11.3 Å². The molecule has 0 spiro atoms. The Balaban J connectivity index is 1.76. The van der Waals surface area contributed by atoms with Crippen LogP contribution in [0.5, 0.6) is 0 Å². The number of fused-ring (bicyclic) bond motifs is 1. The highest BCUT2D eigenvalue weighted by atomic mass is 35.5. The average Bonchev–Trinajstić information content (AvgIpc) is 3.11. The van der Waals surface area contributed by atoms with Gasteiger partial charge in [0.15, 0.2) is 6.10 Å². The number of thiophene rings is 1. The molecule has 23 heavy (non-hydrogen) atoms. The van der Waals surface area contributed by atoms with Crippen LogP contribution in [-0.4, -0.2) is 42.0 Å². The second-order valence-electron chi connectivity index (χ2n) is 5.01. The van der Waals surface area contributed by atoms with Crippen molar-refractivity contribution in [3.63, 3.8) is 0 Å². The number of halogens is 1. The fourth-order valence-electron chi connectivity index (χ4n) is 2.31. The molecule has 2 heterocycles. The Bertz CT molecular complexity index is 804. The highest BCUT2D eigenvalue weighted by molar-refractivity contribution is 7.21. The maximum Gasteiger partial charge on any atom is 0.350 e. The number of benzene rings is 1. The highest BCUT2D eigenvalue weighted by Crippen LogP contribution is 2.35. The number of hydrogen-bond donors (Lipinski definition) is 1. The maximum absolute atomic E-state index is 12.3. The number of rotatable bonds is 3. The number of urea groups is 1. The summed E-state index contributed by atoms with van der Waals surface area (Å²) in [7, 11) is 0. The van der Waals surface area contributed by atoms with Crippen molar-refractivity contribution in [2.24, 2.45) is 0 Å². The van der Waals surface area contributed by atoms with Gasteiger partial charge in [-0.3, -0.25) is 9.69 Å². The molecule has 1 aromatic heterocycles. The predicted molar refractivity (Wildman–Crippen MR) is 86.8 cm³/mol. The van der Waals surface area contributed by atoms with Crippen LogP contribution in [0.15, 0.2) is 24.3 Å². The third-order valence-corrected chi connectivity index (χ3v) is 5.13. The number of amides is 3. The van der Waals surface area contributed by atoms with Crippen LogP contribution in [0.3, 0.4) is 0 Å². The van der Waals surface area contributed by atoms with Gasteiger partial charge in [0.2, 0.25) is 0 Å². The van der Waals surface area contributed by atoms with Gasteiger partial charge < -0.3 is 10.1 Å². The summed E-state index contributed by atoms with van der Waals surface area (Å²) < 4.78 is 6.05. The number of imide groups is 1. The van der Waals surface area contributed by atoms with Crippen LogP contribution >= 0.6 is 22.9 Å². The van der Waals surface area contributed by atoms with Crippen molar-refractivity contribution in [3.05, 3.63) is 34.2 Å². The summed E-state index contributed by atoms with van der Waals surface area (Å²) in [6.45, 7) is 2.10. The third kappa shape index (κ3) is 2.89. The summed E-state index contributed by atoms with van der Waals surface area (Å²) in [6.07, 6.45) is -1.06. The first-order chi connectivity index (χ1) is 11.0. The average molecular weight is 353 g/mol. The molecular weight excluding hydrogens is 340 g/mol. The zero-order chi connectivity index (χ0) is 16.6. The molecule has 1 saturated heterocycles. The Morgan fingerprint density at radius 3 is 2.78 bits per heavy atom. The van der Waals surface area contributed by atoms with E-state index in [0.29, 0.717) is 11.6 Å². The molecule has 120 valence electrons. The molecule has 0 aliphatic carbocycles. The standard InChI is InChI=1S/C15H13ClN2O4S/c1-8(13(19)18-7-6-17-15(18)21)22-14(20)12-11(16)9-4-2-3-5-10(9)23-12/h2-5,8H,6-7H2,1H3,(H,17,21)/t8-/m0/s1. The van der Waals surface area contributed by atoms with Crippen molar-refractivity contribution >= 4 is 50.9 Å². The molecule has 1 atom stereocenters. The molecule has 1 aliphatic heterocycles. The normalized spacial score (nSPS) is 15.6. The van der Waals surface area contributed by atoms with Crippen LogP contribution in [0.2, 0.25) is 5.02 Å². The zero-order valence-electron chi connectivity index (χ0n) is 12.2. The summed E-state index contributed by atoms with van der Waals surface area (Å²) in [5.41, 5.74) is 0. The molecule has 1 aromatic carbocycles. The van der Waals surface area contributed by atoms with Gasteiger partial charge >= 0.3 is 12.0 Å². The monoisotopic (exact) mass is 352 g/mol. The molecule has 1 aliphatic rings. The van der Waals surface area contributed by atoms with Gasteiger partial charge in [-0.25, -0.2) is 9.59 Å². The molecule has 3 rings (SSSR count). The van der Waals surface area contributed by atoms with E-state index in [2.05, 4.69) is 5.32 Å². The Morgan fingerprint density at radius 1 is 1.39 bits per heavy atom. The quantitative estimate of drug-likeness (QED) is 0.862. The van der Waals surface area contributed by atoms with Gasteiger partial charge in [0.25, 0.3) is 5.91 Å². The van der Waals surface area contributed by atoms with E-state index >= 15 is 0 Å². The van der Waals surface area contributed by atoms with Gasteiger partial charge in [-0.05, 0) is 13.0 Å². The van der Waals surface area contributed by atoms with Gasteiger partial charge in [0.1, 0.15) is 4.88 Å². The number of esters is 1. The molecule has 0 unspecified atom stereocenters. The van der Waals surface area contributed by atoms with E-state index in [1.807, 2.05) is 24.3 Å². The molecule has 0 radical (unpaired) electrons.